The van der Waals surface area contributed by atoms with Gasteiger partial charge in [0, 0.05) is 5.02 Å². The summed E-state index contributed by atoms with van der Waals surface area (Å²) >= 11 is 5.73. The lowest BCUT2D eigenvalue weighted by Crippen LogP contribution is -2.38. The third-order valence-electron chi connectivity index (χ3n) is 3.22. The number of sulfonamides is 1. The minimum absolute atomic E-state index is 0.0609. The number of carbonyl (C=O) groups excluding carboxylic acids is 1. The second-order valence-corrected chi connectivity index (χ2v) is 7.18. The van der Waals surface area contributed by atoms with E-state index in [0.717, 1.165) is 5.56 Å². The van der Waals surface area contributed by atoms with Gasteiger partial charge in [0.2, 0.25) is 15.9 Å². The van der Waals surface area contributed by atoms with Crippen LogP contribution in [0.4, 0.5) is 0 Å². The van der Waals surface area contributed by atoms with E-state index in [1.165, 1.54) is 24.3 Å². The van der Waals surface area contributed by atoms with Gasteiger partial charge in [0.1, 0.15) is 0 Å². The van der Waals surface area contributed by atoms with Crippen LogP contribution in [0.1, 0.15) is 18.5 Å². The molecule has 0 saturated heterocycles. The van der Waals surface area contributed by atoms with E-state index < -0.39 is 15.9 Å². The number of rotatable bonds is 6. The quantitative estimate of drug-likeness (QED) is 0.838. The first-order valence-electron chi connectivity index (χ1n) is 6.98. The number of benzene rings is 2. The molecular formula is C16H17ClN2O3S. The van der Waals surface area contributed by atoms with Crippen molar-refractivity contribution in [2.45, 2.75) is 17.9 Å². The smallest absolute Gasteiger partial charge is 0.241 e. The second kappa shape index (κ2) is 7.59. The zero-order valence-corrected chi connectivity index (χ0v) is 14.1. The van der Waals surface area contributed by atoms with Gasteiger partial charge in [-0.3, -0.25) is 4.79 Å². The van der Waals surface area contributed by atoms with Gasteiger partial charge in [-0.25, -0.2) is 13.1 Å². The monoisotopic (exact) mass is 352 g/mol. The Morgan fingerprint density at radius 2 is 1.70 bits per heavy atom. The van der Waals surface area contributed by atoms with Crippen molar-refractivity contribution in [3.8, 4) is 0 Å². The predicted octanol–water partition coefficient (Wildman–Crippen LogP) is 2.50. The fourth-order valence-corrected chi connectivity index (χ4v) is 3.08. The molecule has 0 fully saturated rings. The highest BCUT2D eigenvalue weighted by Crippen LogP contribution is 2.14. The Morgan fingerprint density at radius 3 is 2.30 bits per heavy atom. The molecule has 0 unspecified atom stereocenters. The average molecular weight is 353 g/mol. The van der Waals surface area contributed by atoms with Gasteiger partial charge in [-0.15, -0.1) is 0 Å². The second-order valence-electron chi connectivity index (χ2n) is 4.98. The van der Waals surface area contributed by atoms with Crippen molar-refractivity contribution in [3.63, 3.8) is 0 Å². The molecule has 0 aromatic heterocycles. The van der Waals surface area contributed by atoms with Crippen molar-refractivity contribution >= 4 is 27.5 Å². The summed E-state index contributed by atoms with van der Waals surface area (Å²) in [6.07, 6.45) is 0. The van der Waals surface area contributed by atoms with Gasteiger partial charge in [0.15, 0.2) is 0 Å². The topological polar surface area (TPSA) is 75.3 Å². The van der Waals surface area contributed by atoms with Crippen LogP contribution < -0.4 is 10.0 Å². The highest BCUT2D eigenvalue weighted by molar-refractivity contribution is 7.89. The van der Waals surface area contributed by atoms with Crippen LogP contribution in [0.25, 0.3) is 0 Å². The molecule has 7 heteroatoms. The van der Waals surface area contributed by atoms with Crippen LogP contribution in [-0.4, -0.2) is 20.9 Å². The third kappa shape index (κ3) is 5.06. The maximum atomic E-state index is 12.1. The van der Waals surface area contributed by atoms with E-state index in [0.29, 0.717) is 5.02 Å². The Balaban J connectivity index is 1.92. The normalized spacial score (nSPS) is 12.6. The molecule has 0 aliphatic heterocycles. The minimum atomic E-state index is -3.74. The predicted molar refractivity (Wildman–Crippen MR) is 89.6 cm³/mol. The molecule has 0 heterocycles. The van der Waals surface area contributed by atoms with Gasteiger partial charge in [-0.2, -0.15) is 0 Å². The molecule has 5 nitrogen and oxygen atoms in total. The van der Waals surface area contributed by atoms with E-state index in [9.17, 15) is 13.2 Å². The van der Waals surface area contributed by atoms with Crippen molar-refractivity contribution in [2.24, 2.45) is 0 Å². The molecule has 0 bridgehead atoms. The number of amides is 1. The van der Waals surface area contributed by atoms with Crippen LogP contribution in [0.5, 0.6) is 0 Å². The molecule has 2 aromatic carbocycles. The van der Waals surface area contributed by atoms with E-state index in [2.05, 4.69) is 10.0 Å². The minimum Gasteiger partial charge on any atom is -0.348 e. The van der Waals surface area contributed by atoms with Gasteiger partial charge in [-0.05, 0) is 36.8 Å². The summed E-state index contributed by atoms with van der Waals surface area (Å²) < 4.78 is 26.4. The summed E-state index contributed by atoms with van der Waals surface area (Å²) in [6.45, 7) is 1.50. The molecule has 23 heavy (non-hydrogen) atoms. The first kappa shape index (κ1) is 17.5. The number of nitrogens with one attached hydrogen (secondary N) is 2. The molecule has 2 aromatic rings. The van der Waals surface area contributed by atoms with E-state index in [4.69, 9.17) is 11.6 Å². The van der Waals surface area contributed by atoms with Crippen molar-refractivity contribution < 1.29 is 13.2 Å². The van der Waals surface area contributed by atoms with Crippen molar-refractivity contribution in [1.82, 2.24) is 10.0 Å². The Hall–Kier alpha value is -1.89. The van der Waals surface area contributed by atoms with E-state index in [-0.39, 0.29) is 17.5 Å². The van der Waals surface area contributed by atoms with Gasteiger partial charge < -0.3 is 5.32 Å². The van der Waals surface area contributed by atoms with Crippen LogP contribution in [0, 0.1) is 0 Å². The SMILES string of the molecule is C[C@@H](NC(=O)CNS(=O)(=O)c1ccc(Cl)cc1)c1ccccc1. The molecule has 122 valence electrons. The maximum Gasteiger partial charge on any atom is 0.241 e. The first-order valence-corrected chi connectivity index (χ1v) is 8.84. The summed E-state index contributed by atoms with van der Waals surface area (Å²) in [6, 6.07) is 14.9. The average Bonchev–Trinajstić information content (AvgIpc) is 2.54. The molecule has 1 amide bonds. The summed E-state index contributed by atoms with van der Waals surface area (Å²) in [5, 5.41) is 3.19. The highest BCUT2D eigenvalue weighted by Gasteiger charge is 2.16. The largest absolute Gasteiger partial charge is 0.348 e. The lowest BCUT2D eigenvalue weighted by atomic mass is 10.1. The van der Waals surface area contributed by atoms with Crippen LogP contribution >= 0.6 is 11.6 Å². The molecular weight excluding hydrogens is 336 g/mol. The molecule has 0 saturated carbocycles. The van der Waals surface area contributed by atoms with Crippen molar-refractivity contribution in [3.05, 3.63) is 65.2 Å². The summed E-state index contributed by atoms with van der Waals surface area (Å²) in [4.78, 5) is 12.0. The van der Waals surface area contributed by atoms with Crippen LogP contribution in [0.2, 0.25) is 5.02 Å². The molecule has 0 spiro atoms. The highest BCUT2D eigenvalue weighted by atomic mass is 35.5. The summed E-state index contributed by atoms with van der Waals surface area (Å²) in [7, 11) is -3.74. The molecule has 0 aliphatic carbocycles. The van der Waals surface area contributed by atoms with Gasteiger partial charge in [0.25, 0.3) is 0 Å². The van der Waals surface area contributed by atoms with Gasteiger partial charge in [0.05, 0.1) is 17.5 Å². The molecule has 0 aliphatic rings. The standard InChI is InChI=1S/C16H17ClN2O3S/c1-12(13-5-3-2-4-6-13)19-16(20)11-18-23(21,22)15-9-7-14(17)8-10-15/h2-10,12,18H,11H2,1H3,(H,19,20)/t12-/m1/s1. The maximum absolute atomic E-state index is 12.1. The molecule has 0 radical (unpaired) electrons. The first-order chi connectivity index (χ1) is 10.9. The zero-order valence-electron chi connectivity index (χ0n) is 12.5. The summed E-state index contributed by atoms with van der Waals surface area (Å²) in [5.41, 5.74) is 0.946. The molecule has 2 rings (SSSR count). The number of hydrogen-bond donors (Lipinski definition) is 2. The Bertz CT molecular complexity index is 762. The molecule has 1 atom stereocenters. The van der Waals surface area contributed by atoms with Crippen LogP contribution in [0.15, 0.2) is 59.5 Å². The number of carbonyl (C=O) groups is 1. The third-order valence-corrected chi connectivity index (χ3v) is 4.89. The van der Waals surface area contributed by atoms with Gasteiger partial charge in [-0.1, -0.05) is 41.9 Å². The lowest BCUT2D eigenvalue weighted by Gasteiger charge is -2.14. The van der Waals surface area contributed by atoms with Crippen molar-refractivity contribution in [2.75, 3.05) is 6.54 Å². The van der Waals surface area contributed by atoms with Crippen molar-refractivity contribution in [1.29, 1.82) is 0 Å². The van der Waals surface area contributed by atoms with Crippen LogP contribution in [-0.2, 0) is 14.8 Å². The number of hydrogen-bond acceptors (Lipinski definition) is 3. The Labute approximate surface area is 140 Å². The lowest BCUT2D eigenvalue weighted by molar-refractivity contribution is -0.120. The fourth-order valence-electron chi connectivity index (χ4n) is 1.98. The zero-order chi connectivity index (χ0) is 16.9. The van der Waals surface area contributed by atoms with Gasteiger partial charge >= 0.3 is 0 Å². The Kier molecular flexibility index (Phi) is 5.76. The van der Waals surface area contributed by atoms with E-state index >= 15 is 0 Å². The van der Waals surface area contributed by atoms with Crippen LogP contribution in [0.3, 0.4) is 0 Å². The number of halogens is 1. The van der Waals surface area contributed by atoms with E-state index in [1.807, 2.05) is 37.3 Å². The summed E-state index contributed by atoms with van der Waals surface area (Å²) in [5.74, 6) is -0.404. The molecule has 2 N–H and O–H groups in total. The Morgan fingerprint density at radius 1 is 1.09 bits per heavy atom. The fraction of sp³-hybridized carbons (Fsp3) is 0.188. The van der Waals surface area contributed by atoms with E-state index in [1.54, 1.807) is 0 Å².